The molecule has 6 heteroatoms. The molecule has 0 aliphatic carbocycles. The van der Waals surface area contributed by atoms with E-state index in [1.165, 1.54) is 19.6 Å². The van der Waals surface area contributed by atoms with Gasteiger partial charge >= 0.3 is 0 Å². The molecule has 138 valence electrons. The molecule has 3 rings (SSSR count). The second-order valence-electron chi connectivity index (χ2n) is 6.99. The number of likely N-dealkylation sites (tertiary alicyclic amines) is 2. The minimum Gasteiger partial charge on any atom is -0.492 e. The van der Waals surface area contributed by atoms with Gasteiger partial charge in [0.05, 0.1) is 12.1 Å². The van der Waals surface area contributed by atoms with Gasteiger partial charge in [-0.1, -0.05) is 18.0 Å². The molecule has 2 aliphatic heterocycles. The van der Waals surface area contributed by atoms with E-state index < -0.39 is 5.82 Å². The largest absolute Gasteiger partial charge is 0.492 e. The average molecular weight is 369 g/mol. The van der Waals surface area contributed by atoms with Gasteiger partial charge in [0.1, 0.15) is 0 Å². The Morgan fingerprint density at radius 3 is 2.80 bits per heavy atom. The summed E-state index contributed by atoms with van der Waals surface area (Å²) in [6, 6.07) is 3.74. The van der Waals surface area contributed by atoms with Crippen LogP contribution in [0.25, 0.3) is 0 Å². The molecular formula is C19H26ClFN2O2. The third-order valence-electron chi connectivity index (χ3n) is 5.30. The highest BCUT2D eigenvalue weighted by atomic mass is 35.5. The zero-order valence-electron chi connectivity index (χ0n) is 14.8. The number of piperidine rings is 1. The lowest BCUT2D eigenvalue weighted by atomic mass is 9.98. The lowest BCUT2D eigenvalue weighted by Crippen LogP contribution is -2.41. The number of carbonyl (C=O) groups excluding carboxylic acids is 1. The normalized spacial score (nSPS) is 21.8. The smallest absolute Gasteiger partial charge is 0.222 e. The first-order valence-electron chi connectivity index (χ1n) is 9.12. The predicted molar refractivity (Wildman–Crippen MR) is 96.4 cm³/mol. The maximum absolute atomic E-state index is 14.1. The third kappa shape index (κ3) is 4.45. The molecule has 2 saturated heterocycles. The van der Waals surface area contributed by atoms with Crippen molar-refractivity contribution < 1.29 is 13.9 Å². The van der Waals surface area contributed by atoms with Crippen LogP contribution in [0.2, 0.25) is 5.02 Å². The molecule has 1 atom stereocenters. The van der Waals surface area contributed by atoms with Crippen molar-refractivity contribution in [2.24, 2.45) is 0 Å². The molecule has 2 fully saturated rings. The van der Waals surface area contributed by atoms with Gasteiger partial charge in [-0.25, -0.2) is 4.39 Å². The van der Waals surface area contributed by atoms with E-state index in [9.17, 15) is 9.18 Å². The van der Waals surface area contributed by atoms with Crippen LogP contribution in [0.3, 0.4) is 0 Å². The van der Waals surface area contributed by atoms with E-state index in [0.29, 0.717) is 24.0 Å². The van der Waals surface area contributed by atoms with Crippen LogP contribution in [-0.2, 0) is 11.3 Å². The van der Waals surface area contributed by atoms with Crippen molar-refractivity contribution in [2.75, 3.05) is 26.7 Å². The van der Waals surface area contributed by atoms with Gasteiger partial charge in [-0.05, 0) is 49.9 Å². The standard InChI is InChI=1S/C19H26ClFN2O2/c1-25-19-16(20)11-14(12-17(19)21)13-23-8-3-2-5-15(23)7-10-22-9-4-6-18(22)24/h11-12,15H,2-10,13H2,1H3. The van der Waals surface area contributed by atoms with Crippen molar-refractivity contribution in [3.05, 3.63) is 28.5 Å². The first-order chi connectivity index (χ1) is 12.1. The van der Waals surface area contributed by atoms with Gasteiger partial charge in [0.25, 0.3) is 0 Å². The molecule has 1 amide bonds. The Hall–Kier alpha value is -1.33. The van der Waals surface area contributed by atoms with Crippen molar-refractivity contribution >= 4 is 17.5 Å². The Bertz CT molecular complexity index is 602. The van der Waals surface area contributed by atoms with Gasteiger partial charge in [-0.3, -0.25) is 9.69 Å². The fourth-order valence-corrected chi connectivity index (χ4v) is 4.28. The Morgan fingerprint density at radius 1 is 1.28 bits per heavy atom. The molecule has 4 nitrogen and oxygen atoms in total. The van der Waals surface area contributed by atoms with Gasteiger partial charge in [0, 0.05) is 32.1 Å². The lowest BCUT2D eigenvalue weighted by molar-refractivity contribution is -0.127. The molecule has 1 unspecified atom stereocenters. The number of nitrogens with zero attached hydrogens (tertiary/aromatic N) is 2. The number of methoxy groups -OCH3 is 1. The van der Waals surface area contributed by atoms with Gasteiger partial charge in [0.15, 0.2) is 11.6 Å². The molecule has 1 aromatic rings. The van der Waals surface area contributed by atoms with Gasteiger partial charge in [-0.15, -0.1) is 0 Å². The molecular weight excluding hydrogens is 343 g/mol. The maximum atomic E-state index is 14.1. The second kappa shape index (κ2) is 8.37. The fraction of sp³-hybridized carbons (Fsp3) is 0.632. The Kier molecular flexibility index (Phi) is 6.18. The Balaban J connectivity index is 1.63. The number of hydrogen-bond acceptors (Lipinski definition) is 3. The number of hydrogen-bond donors (Lipinski definition) is 0. The Morgan fingerprint density at radius 2 is 2.12 bits per heavy atom. The molecule has 2 aliphatic rings. The number of carbonyl (C=O) groups is 1. The summed E-state index contributed by atoms with van der Waals surface area (Å²) in [6.07, 6.45) is 6.17. The molecule has 0 bridgehead atoms. The van der Waals surface area contributed by atoms with Crippen LogP contribution in [0.5, 0.6) is 5.75 Å². The van der Waals surface area contributed by atoms with E-state index in [2.05, 4.69) is 4.90 Å². The minimum atomic E-state index is -0.416. The summed E-state index contributed by atoms with van der Waals surface area (Å²) in [5.74, 6) is -0.0271. The quantitative estimate of drug-likeness (QED) is 0.764. The van der Waals surface area contributed by atoms with E-state index in [1.807, 2.05) is 4.90 Å². The monoisotopic (exact) mass is 368 g/mol. The number of rotatable bonds is 6. The molecule has 25 heavy (non-hydrogen) atoms. The maximum Gasteiger partial charge on any atom is 0.222 e. The van der Waals surface area contributed by atoms with E-state index in [-0.39, 0.29) is 11.7 Å². The summed E-state index contributed by atoms with van der Waals surface area (Å²) in [7, 11) is 1.42. The van der Waals surface area contributed by atoms with Crippen LogP contribution in [0.4, 0.5) is 4.39 Å². The van der Waals surface area contributed by atoms with Crippen molar-refractivity contribution in [1.29, 1.82) is 0 Å². The minimum absolute atomic E-state index is 0.105. The van der Waals surface area contributed by atoms with Gasteiger partial charge < -0.3 is 9.64 Å². The van der Waals surface area contributed by atoms with Crippen molar-refractivity contribution in [1.82, 2.24) is 9.80 Å². The highest BCUT2D eigenvalue weighted by Crippen LogP contribution is 2.30. The summed E-state index contributed by atoms with van der Waals surface area (Å²) in [4.78, 5) is 16.2. The summed E-state index contributed by atoms with van der Waals surface area (Å²) in [5, 5.41) is 0.314. The number of amides is 1. The summed E-state index contributed by atoms with van der Waals surface area (Å²) in [6.45, 7) is 3.41. The van der Waals surface area contributed by atoms with E-state index in [4.69, 9.17) is 16.3 Å². The van der Waals surface area contributed by atoms with Crippen molar-refractivity contribution in [3.8, 4) is 5.75 Å². The zero-order chi connectivity index (χ0) is 17.8. The molecule has 0 spiro atoms. The van der Waals surface area contributed by atoms with Crippen LogP contribution < -0.4 is 4.74 Å². The molecule has 0 aromatic heterocycles. The highest BCUT2D eigenvalue weighted by Gasteiger charge is 2.26. The van der Waals surface area contributed by atoms with Gasteiger partial charge in [-0.2, -0.15) is 0 Å². The Labute approximate surface area is 153 Å². The summed E-state index contributed by atoms with van der Waals surface area (Å²) >= 11 is 6.12. The van der Waals surface area contributed by atoms with Crippen LogP contribution in [-0.4, -0.2) is 48.5 Å². The lowest BCUT2D eigenvalue weighted by Gasteiger charge is -2.36. The van der Waals surface area contributed by atoms with E-state index in [0.717, 1.165) is 50.9 Å². The SMILES string of the molecule is COc1c(F)cc(CN2CCCCC2CCN2CCCC2=O)cc1Cl. The molecule has 0 saturated carbocycles. The summed E-state index contributed by atoms with van der Waals surface area (Å²) < 4.78 is 19.1. The van der Waals surface area contributed by atoms with Crippen LogP contribution in [0.1, 0.15) is 44.1 Å². The first kappa shape index (κ1) is 18.5. The van der Waals surface area contributed by atoms with Crippen LogP contribution >= 0.6 is 11.6 Å². The third-order valence-corrected chi connectivity index (χ3v) is 5.58. The molecule has 0 N–H and O–H groups in total. The summed E-state index contributed by atoms with van der Waals surface area (Å²) in [5.41, 5.74) is 0.868. The van der Waals surface area contributed by atoms with Crippen LogP contribution in [0.15, 0.2) is 12.1 Å². The van der Waals surface area contributed by atoms with E-state index >= 15 is 0 Å². The topological polar surface area (TPSA) is 32.8 Å². The zero-order valence-corrected chi connectivity index (χ0v) is 15.5. The number of benzene rings is 1. The van der Waals surface area contributed by atoms with Crippen molar-refractivity contribution in [3.63, 3.8) is 0 Å². The number of halogens is 2. The first-order valence-corrected chi connectivity index (χ1v) is 9.50. The molecule has 0 radical (unpaired) electrons. The van der Waals surface area contributed by atoms with Crippen LogP contribution in [0, 0.1) is 5.82 Å². The molecule has 2 heterocycles. The van der Waals surface area contributed by atoms with E-state index in [1.54, 1.807) is 6.07 Å². The highest BCUT2D eigenvalue weighted by molar-refractivity contribution is 6.32. The van der Waals surface area contributed by atoms with Crippen molar-refractivity contribution in [2.45, 2.75) is 51.1 Å². The number of ether oxygens (including phenoxy) is 1. The molecule has 1 aromatic carbocycles. The second-order valence-corrected chi connectivity index (χ2v) is 7.39. The fourth-order valence-electron chi connectivity index (χ4n) is 3.97. The van der Waals surface area contributed by atoms with Gasteiger partial charge in [0.2, 0.25) is 5.91 Å². The average Bonchev–Trinajstić information content (AvgIpc) is 2.99. The predicted octanol–water partition coefficient (Wildman–Crippen LogP) is 3.85.